The third kappa shape index (κ3) is 6.08. The predicted molar refractivity (Wildman–Crippen MR) is 143 cm³/mol. The molecule has 194 valence electrons. The molecule has 3 N–H and O–H groups in total. The third-order valence-electron chi connectivity index (χ3n) is 7.08. The normalized spacial score (nSPS) is 16.8. The van der Waals surface area contributed by atoms with Crippen LogP contribution < -0.4 is 16.1 Å². The van der Waals surface area contributed by atoms with Crippen LogP contribution in [0.15, 0.2) is 48.5 Å². The second-order valence-electron chi connectivity index (χ2n) is 10.3. The molecule has 1 atom stereocenters. The van der Waals surface area contributed by atoms with Gasteiger partial charge in [0.05, 0.1) is 17.2 Å². The van der Waals surface area contributed by atoms with Crippen molar-refractivity contribution < 1.29 is 18.9 Å². The number of aromatic nitrogens is 3. The molecule has 4 rings (SSSR count). The third-order valence-corrected chi connectivity index (χ3v) is 7.08. The lowest BCUT2D eigenvalue weighted by molar-refractivity contribution is -0.109. The van der Waals surface area contributed by atoms with Crippen LogP contribution in [0.5, 0.6) is 0 Å². The highest BCUT2D eigenvalue weighted by atomic mass is 16.7. The molecule has 0 spiro atoms. The molecule has 37 heavy (non-hydrogen) atoms. The van der Waals surface area contributed by atoms with Gasteiger partial charge in [-0.3, -0.25) is 9.89 Å². The van der Waals surface area contributed by atoms with Gasteiger partial charge in [0.15, 0.2) is 0 Å². The maximum atomic E-state index is 12.7. The van der Waals surface area contributed by atoms with Crippen LogP contribution in [0.4, 0.5) is 5.69 Å². The summed E-state index contributed by atoms with van der Waals surface area (Å²) in [5, 5.41) is 12.8. The first-order valence-electron chi connectivity index (χ1n) is 12.5. The van der Waals surface area contributed by atoms with Gasteiger partial charge in [0.2, 0.25) is 5.82 Å². The first kappa shape index (κ1) is 26.6. The number of nitrogens with one attached hydrogen (secondary N) is 3. The Morgan fingerprint density at radius 2 is 1.81 bits per heavy atom. The standard InChI is InChI=1S/C27H34BN5O4/c1-26(2)27(3,4)37-28(36-26)20-12-14-22(29-5)19(16-20)11-13-21(17-34)30-25(35)24-31-23(32-33-24)15-18-9-7-6-8-10-18/h6-10,12,14,16-17,21,29H,11,13,15H2,1-5H3,(H,30,35)(H,31,32,33)/t21-/m0/s1. The lowest BCUT2D eigenvalue weighted by Gasteiger charge is -2.32. The molecule has 3 aromatic rings. The zero-order valence-electron chi connectivity index (χ0n) is 22.0. The molecule has 10 heteroatoms. The summed E-state index contributed by atoms with van der Waals surface area (Å²) in [5.74, 6) is 0.0982. The van der Waals surface area contributed by atoms with Crippen molar-refractivity contribution in [2.45, 2.75) is 64.2 Å². The van der Waals surface area contributed by atoms with E-state index in [-0.39, 0.29) is 5.82 Å². The van der Waals surface area contributed by atoms with E-state index in [4.69, 9.17) is 9.31 Å². The molecular formula is C27H34BN5O4. The van der Waals surface area contributed by atoms with Gasteiger partial charge >= 0.3 is 7.12 Å². The number of carbonyl (C=O) groups is 2. The summed E-state index contributed by atoms with van der Waals surface area (Å²) in [6.45, 7) is 8.08. The summed E-state index contributed by atoms with van der Waals surface area (Å²) >= 11 is 0. The van der Waals surface area contributed by atoms with Crippen LogP contribution >= 0.6 is 0 Å². The minimum absolute atomic E-state index is 0.0106. The molecule has 0 bridgehead atoms. The van der Waals surface area contributed by atoms with Crippen molar-refractivity contribution in [1.29, 1.82) is 0 Å². The average Bonchev–Trinajstić information content (AvgIpc) is 3.43. The summed E-state index contributed by atoms with van der Waals surface area (Å²) in [6, 6.07) is 15.1. The van der Waals surface area contributed by atoms with Gasteiger partial charge in [-0.1, -0.05) is 42.5 Å². The van der Waals surface area contributed by atoms with E-state index in [2.05, 4.69) is 25.8 Å². The molecule has 1 aromatic heterocycles. The molecule has 1 amide bonds. The molecule has 0 radical (unpaired) electrons. The molecule has 1 aliphatic rings. The molecule has 0 aliphatic carbocycles. The minimum Gasteiger partial charge on any atom is -0.399 e. The number of carbonyl (C=O) groups excluding carboxylic acids is 2. The smallest absolute Gasteiger partial charge is 0.399 e. The van der Waals surface area contributed by atoms with Crippen LogP contribution in [0.1, 0.15) is 61.7 Å². The van der Waals surface area contributed by atoms with Crippen molar-refractivity contribution in [3.8, 4) is 0 Å². The number of anilines is 1. The summed E-state index contributed by atoms with van der Waals surface area (Å²) < 4.78 is 12.4. The van der Waals surface area contributed by atoms with E-state index in [1.165, 1.54) is 0 Å². The molecule has 9 nitrogen and oxygen atoms in total. The largest absolute Gasteiger partial charge is 0.494 e. The minimum atomic E-state index is -0.686. The lowest BCUT2D eigenvalue weighted by atomic mass is 9.77. The van der Waals surface area contributed by atoms with Gasteiger partial charge in [-0.25, -0.2) is 4.98 Å². The molecule has 1 saturated heterocycles. The molecule has 2 heterocycles. The zero-order chi connectivity index (χ0) is 26.6. The summed E-state index contributed by atoms with van der Waals surface area (Å²) in [4.78, 5) is 28.8. The predicted octanol–water partition coefficient (Wildman–Crippen LogP) is 2.67. The number of aldehydes is 1. The van der Waals surface area contributed by atoms with Crippen molar-refractivity contribution in [3.05, 3.63) is 71.3 Å². The Hall–Kier alpha value is -3.50. The van der Waals surface area contributed by atoms with E-state index >= 15 is 0 Å². The van der Waals surface area contributed by atoms with Crippen molar-refractivity contribution >= 4 is 30.5 Å². The van der Waals surface area contributed by atoms with Crippen LogP contribution in [0.25, 0.3) is 0 Å². The molecule has 1 aliphatic heterocycles. The highest BCUT2D eigenvalue weighted by Gasteiger charge is 2.51. The van der Waals surface area contributed by atoms with Gasteiger partial charge in [0.1, 0.15) is 12.1 Å². The second kappa shape index (κ2) is 10.9. The quantitative estimate of drug-likeness (QED) is 0.288. The Balaban J connectivity index is 1.39. The van der Waals surface area contributed by atoms with E-state index in [0.29, 0.717) is 25.1 Å². The Morgan fingerprint density at radius 1 is 1.11 bits per heavy atom. The lowest BCUT2D eigenvalue weighted by Crippen LogP contribution is -2.41. The van der Waals surface area contributed by atoms with Gasteiger partial charge in [-0.05, 0) is 63.2 Å². The van der Waals surface area contributed by atoms with Crippen LogP contribution in [-0.2, 0) is 26.9 Å². The van der Waals surface area contributed by atoms with E-state index in [0.717, 1.165) is 28.6 Å². The number of hydrogen-bond acceptors (Lipinski definition) is 7. The fourth-order valence-electron chi connectivity index (χ4n) is 4.17. The van der Waals surface area contributed by atoms with Gasteiger partial charge < -0.3 is 24.7 Å². The topological polar surface area (TPSA) is 118 Å². The maximum absolute atomic E-state index is 12.7. The molecule has 2 aromatic carbocycles. The summed E-state index contributed by atoms with van der Waals surface area (Å²) in [7, 11) is 1.37. The first-order valence-corrected chi connectivity index (χ1v) is 12.5. The van der Waals surface area contributed by atoms with Crippen molar-refractivity contribution in [2.24, 2.45) is 0 Å². The summed E-state index contributed by atoms with van der Waals surface area (Å²) in [5.41, 5.74) is 3.03. The van der Waals surface area contributed by atoms with Crippen LogP contribution in [0.2, 0.25) is 0 Å². The Morgan fingerprint density at radius 3 is 2.46 bits per heavy atom. The van der Waals surface area contributed by atoms with Gasteiger partial charge in [0.25, 0.3) is 5.91 Å². The highest BCUT2D eigenvalue weighted by Crippen LogP contribution is 2.36. The maximum Gasteiger partial charge on any atom is 0.494 e. The Bertz CT molecular complexity index is 1230. The number of aryl methyl sites for hydroxylation is 1. The number of hydrogen-bond donors (Lipinski definition) is 3. The van der Waals surface area contributed by atoms with Crippen LogP contribution in [0.3, 0.4) is 0 Å². The fraction of sp³-hybridized carbons (Fsp3) is 0.407. The SMILES string of the molecule is CNc1ccc(B2OC(C)(C)C(C)(C)O2)cc1CC[C@@H](C=O)NC(=O)c1n[nH]c(Cc2ccccc2)n1. The van der Waals surface area contributed by atoms with Crippen LogP contribution in [0, 0.1) is 0 Å². The Kier molecular flexibility index (Phi) is 7.80. The molecule has 0 saturated carbocycles. The highest BCUT2D eigenvalue weighted by molar-refractivity contribution is 6.62. The monoisotopic (exact) mass is 503 g/mol. The fourth-order valence-corrected chi connectivity index (χ4v) is 4.17. The van der Waals surface area contributed by atoms with E-state index in [9.17, 15) is 9.59 Å². The van der Waals surface area contributed by atoms with Gasteiger partial charge in [0, 0.05) is 19.2 Å². The number of rotatable bonds is 10. The van der Waals surface area contributed by atoms with Crippen molar-refractivity contribution in [3.63, 3.8) is 0 Å². The van der Waals surface area contributed by atoms with E-state index in [1.54, 1.807) is 0 Å². The molecule has 1 fully saturated rings. The number of nitrogens with zero attached hydrogens (tertiary/aromatic N) is 2. The van der Waals surface area contributed by atoms with Gasteiger partial charge in [-0.15, -0.1) is 5.10 Å². The first-order chi connectivity index (χ1) is 17.6. The zero-order valence-corrected chi connectivity index (χ0v) is 22.0. The van der Waals surface area contributed by atoms with Crippen LogP contribution in [-0.4, -0.2) is 58.8 Å². The summed E-state index contributed by atoms with van der Waals surface area (Å²) in [6.07, 6.45) is 2.25. The second-order valence-corrected chi connectivity index (χ2v) is 10.3. The number of H-pyrrole nitrogens is 1. The van der Waals surface area contributed by atoms with E-state index < -0.39 is 30.3 Å². The molecular weight excluding hydrogens is 469 g/mol. The van der Waals surface area contributed by atoms with Gasteiger partial charge in [-0.2, -0.15) is 0 Å². The van der Waals surface area contributed by atoms with Crippen molar-refractivity contribution in [2.75, 3.05) is 12.4 Å². The van der Waals surface area contributed by atoms with E-state index in [1.807, 2.05) is 83.3 Å². The molecule has 0 unspecified atom stereocenters. The number of amides is 1. The van der Waals surface area contributed by atoms with Crippen molar-refractivity contribution in [1.82, 2.24) is 20.5 Å². The Labute approximate surface area is 217 Å². The average molecular weight is 503 g/mol. The number of aromatic amines is 1. The number of benzene rings is 2.